The standard InChI is InChI=1S/C14H12N2O3/c17-16(18)14-8-4-7-13(9-14)10-15-19-11-12-5-2-1-3-6-12/h1-10H,11H2/b15-10-. The Hall–Kier alpha value is -2.69. The molecule has 0 aliphatic heterocycles. The Labute approximate surface area is 110 Å². The van der Waals surface area contributed by atoms with Crippen molar-refractivity contribution in [2.45, 2.75) is 6.61 Å². The monoisotopic (exact) mass is 256 g/mol. The lowest BCUT2D eigenvalue weighted by molar-refractivity contribution is -0.384. The summed E-state index contributed by atoms with van der Waals surface area (Å²) in [4.78, 5) is 15.3. The SMILES string of the molecule is O=[N+]([O-])c1cccc(/C=N\OCc2ccccc2)c1. The van der Waals surface area contributed by atoms with Gasteiger partial charge in [0.05, 0.1) is 11.1 Å². The predicted octanol–water partition coefficient (Wildman–Crippen LogP) is 3.15. The van der Waals surface area contributed by atoms with E-state index in [1.807, 2.05) is 30.3 Å². The van der Waals surface area contributed by atoms with Gasteiger partial charge in [0.25, 0.3) is 5.69 Å². The lowest BCUT2D eigenvalue weighted by Crippen LogP contribution is -1.90. The minimum Gasteiger partial charge on any atom is -0.391 e. The van der Waals surface area contributed by atoms with Gasteiger partial charge in [0.15, 0.2) is 0 Å². The maximum Gasteiger partial charge on any atom is 0.270 e. The Morgan fingerprint density at radius 1 is 1.16 bits per heavy atom. The number of nitrogens with zero attached hydrogens (tertiary/aromatic N) is 2. The van der Waals surface area contributed by atoms with Crippen molar-refractivity contribution in [3.8, 4) is 0 Å². The quantitative estimate of drug-likeness (QED) is 0.469. The molecule has 2 aromatic rings. The van der Waals surface area contributed by atoms with Crippen LogP contribution in [0.5, 0.6) is 0 Å². The summed E-state index contributed by atoms with van der Waals surface area (Å²) in [5.41, 5.74) is 1.67. The number of nitro groups is 1. The summed E-state index contributed by atoms with van der Waals surface area (Å²) in [6.07, 6.45) is 1.45. The Morgan fingerprint density at radius 3 is 2.68 bits per heavy atom. The lowest BCUT2D eigenvalue weighted by Gasteiger charge is -1.98. The van der Waals surface area contributed by atoms with E-state index in [0.29, 0.717) is 12.2 Å². The molecule has 0 radical (unpaired) electrons. The molecule has 0 unspecified atom stereocenters. The first-order chi connectivity index (χ1) is 9.25. The molecule has 0 spiro atoms. The van der Waals surface area contributed by atoms with E-state index < -0.39 is 4.92 Å². The molecule has 0 aliphatic rings. The van der Waals surface area contributed by atoms with Crippen LogP contribution >= 0.6 is 0 Å². The molecule has 0 N–H and O–H groups in total. The van der Waals surface area contributed by atoms with Gasteiger partial charge in [0.1, 0.15) is 6.61 Å². The van der Waals surface area contributed by atoms with E-state index in [1.54, 1.807) is 12.1 Å². The van der Waals surface area contributed by atoms with Crippen LogP contribution in [0.3, 0.4) is 0 Å². The van der Waals surface area contributed by atoms with E-state index in [1.165, 1.54) is 18.3 Å². The molecule has 19 heavy (non-hydrogen) atoms. The molecule has 0 aliphatic carbocycles. The third kappa shape index (κ3) is 3.92. The number of nitro benzene ring substituents is 1. The van der Waals surface area contributed by atoms with Gasteiger partial charge in [-0.15, -0.1) is 0 Å². The van der Waals surface area contributed by atoms with Crippen molar-refractivity contribution in [1.82, 2.24) is 0 Å². The highest BCUT2D eigenvalue weighted by Gasteiger charge is 2.03. The van der Waals surface area contributed by atoms with Gasteiger partial charge >= 0.3 is 0 Å². The van der Waals surface area contributed by atoms with Gasteiger partial charge < -0.3 is 4.84 Å². The molecule has 5 nitrogen and oxygen atoms in total. The first-order valence-corrected chi connectivity index (χ1v) is 5.69. The first kappa shape index (κ1) is 12.8. The Kier molecular flexibility index (Phi) is 4.23. The minimum atomic E-state index is -0.442. The summed E-state index contributed by atoms with van der Waals surface area (Å²) in [6, 6.07) is 15.8. The summed E-state index contributed by atoms with van der Waals surface area (Å²) in [7, 11) is 0. The largest absolute Gasteiger partial charge is 0.391 e. The Bertz CT molecular complexity index is 582. The minimum absolute atomic E-state index is 0.0343. The van der Waals surface area contributed by atoms with Crippen LogP contribution in [0, 0.1) is 10.1 Å². The maximum atomic E-state index is 10.6. The second kappa shape index (κ2) is 6.30. The van der Waals surface area contributed by atoms with E-state index in [2.05, 4.69) is 5.16 Å². The third-order valence-electron chi connectivity index (χ3n) is 2.43. The molecule has 96 valence electrons. The number of benzene rings is 2. The van der Waals surface area contributed by atoms with Crippen molar-refractivity contribution in [1.29, 1.82) is 0 Å². The fourth-order valence-corrected chi connectivity index (χ4v) is 1.50. The maximum absolute atomic E-state index is 10.6. The van der Waals surface area contributed by atoms with Crippen molar-refractivity contribution in [2.24, 2.45) is 5.16 Å². The van der Waals surface area contributed by atoms with Crippen LogP contribution in [0.2, 0.25) is 0 Å². The smallest absolute Gasteiger partial charge is 0.270 e. The normalized spacial score (nSPS) is 10.5. The van der Waals surface area contributed by atoms with Crippen LogP contribution in [0.4, 0.5) is 5.69 Å². The van der Waals surface area contributed by atoms with Crippen molar-refractivity contribution < 1.29 is 9.76 Å². The molecule has 0 fully saturated rings. The molecular formula is C14H12N2O3. The summed E-state index contributed by atoms with van der Waals surface area (Å²) < 4.78 is 0. The first-order valence-electron chi connectivity index (χ1n) is 5.69. The molecular weight excluding hydrogens is 244 g/mol. The molecule has 0 bridgehead atoms. The van der Waals surface area contributed by atoms with Gasteiger partial charge in [-0.3, -0.25) is 10.1 Å². The molecule has 0 heterocycles. The zero-order valence-electron chi connectivity index (χ0n) is 10.1. The number of rotatable bonds is 5. The third-order valence-corrected chi connectivity index (χ3v) is 2.43. The summed E-state index contributed by atoms with van der Waals surface area (Å²) in [5.74, 6) is 0. The molecule has 0 aromatic heterocycles. The zero-order valence-corrected chi connectivity index (χ0v) is 10.1. The van der Waals surface area contributed by atoms with Gasteiger partial charge in [0.2, 0.25) is 0 Å². The van der Waals surface area contributed by atoms with Crippen LogP contribution in [-0.2, 0) is 11.4 Å². The predicted molar refractivity (Wildman–Crippen MR) is 71.9 cm³/mol. The van der Waals surface area contributed by atoms with Gasteiger partial charge in [-0.05, 0) is 5.56 Å². The Balaban J connectivity index is 1.92. The molecule has 0 atom stereocenters. The van der Waals surface area contributed by atoms with E-state index in [9.17, 15) is 10.1 Å². The number of hydrogen-bond donors (Lipinski definition) is 0. The highest BCUT2D eigenvalue weighted by atomic mass is 16.6. The van der Waals surface area contributed by atoms with Crippen LogP contribution in [0.15, 0.2) is 59.8 Å². The number of hydrogen-bond acceptors (Lipinski definition) is 4. The van der Waals surface area contributed by atoms with E-state index >= 15 is 0 Å². The van der Waals surface area contributed by atoms with Gasteiger partial charge in [0, 0.05) is 17.7 Å². The molecule has 0 amide bonds. The highest BCUT2D eigenvalue weighted by molar-refractivity contribution is 5.80. The fraction of sp³-hybridized carbons (Fsp3) is 0.0714. The topological polar surface area (TPSA) is 64.7 Å². The van der Waals surface area contributed by atoms with E-state index in [-0.39, 0.29) is 5.69 Å². The van der Waals surface area contributed by atoms with Gasteiger partial charge in [-0.25, -0.2) is 0 Å². The molecule has 0 saturated heterocycles. The van der Waals surface area contributed by atoms with Crippen LogP contribution in [0.25, 0.3) is 0 Å². The lowest BCUT2D eigenvalue weighted by atomic mass is 10.2. The zero-order chi connectivity index (χ0) is 13.5. The fourth-order valence-electron chi connectivity index (χ4n) is 1.50. The summed E-state index contributed by atoms with van der Waals surface area (Å²) in [6.45, 7) is 0.367. The second-order valence-corrected chi connectivity index (χ2v) is 3.85. The molecule has 2 aromatic carbocycles. The molecule has 2 rings (SSSR count). The molecule has 5 heteroatoms. The summed E-state index contributed by atoms with van der Waals surface area (Å²) >= 11 is 0. The van der Waals surface area contributed by atoms with E-state index in [0.717, 1.165) is 5.56 Å². The van der Waals surface area contributed by atoms with Crippen LogP contribution in [-0.4, -0.2) is 11.1 Å². The van der Waals surface area contributed by atoms with Crippen molar-refractivity contribution >= 4 is 11.9 Å². The van der Waals surface area contributed by atoms with Crippen molar-refractivity contribution in [3.05, 3.63) is 75.8 Å². The van der Waals surface area contributed by atoms with E-state index in [4.69, 9.17) is 4.84 Å². The van der Waals surface area contributed by atoms with Crippen LogP contribution in [0.1, 0.15) is 11.1 Å². The Morgan fingerprint density at radius 2 is 1.95 bits per heavy atom. The van der Waals surface area contributed by atoms with Gasteiger partial charge in [-0.2, -0.15) is 0 Å². The van der Waals surface area contributed by atoms with Crippen LogP contribution < -0.4 is 0 Å². The van der Waals surface area contributed by atoms with Gasteiger partial charge in [-0.1, -0.05) is 47.6 Å². The molecule has 0 saturated carbocycles. The average molecular weight is 256 g/mol. The average Bonchev–Trinajstić information content (AvgIpc) is 2.45. The summed E-state index contributed by atoms with van der Waals surface area (Å²) in [5, 5.41) is 14.4. The van der Waals surface area contributed by atoms with Crippen molar-refractivity contribution in [2.75, 3.05) is 0 Å². The number of non-ortho nitro benzene ring substituents is 1. The highest BCUT2D eigenvalue weighted by Crippen LogP contribution is 2.11. The van der Waals surface area contributed by atoms with Crippen molar-refractivity contribution in [3.63, 3.8) is 0 Å². The second-order valence-electron chi connectivity index (χ2n) is 3.85. The number of oxime groups is 1.